The molecule has 1 aromatic carbocycles. The summed E-state index contributed by atoms with van der Waals surface area (Å²) in [6, 6.07) is 11.7. The van der Waals surface area contributed by atoms with Gasteiger partial charge in [0.15, 0.2) is 0 Å². The Labute approximate surface area is 93.1 Å². The van der Waals surface area contributed by atoms with Crippen molar-refractivity contribution in [3.8, 4) is 0 Å². The molecule has 0 amide bonds. The Balaban J connectivity index is 2.11. The van der Waals surface area contributed by atoms with Crippen LogP contribution >= 0.6 is 0 Å². The van der Waals surface area contributed by atoms with E-state index in [0.29, 0.717) is 12.2 Å². The number of rotatable bonds is 3. The smallest absolute Gasteiger partial charge is 0.273 e. The van der Waals surface area contributed by atoms with Gasteiger partial charge in [-0.1, -0.05) is 30.3 Å². The van der Waals surface area contributed by atoms with E-state index in [1.54, 1.807) is 12.3 Å². The highest BCUT2D eigenvalue weighted by atomic mass is 16.1. The SMILES string of the molecule is Nc1c(NCc2ccccc2)cc[nH]c1=O. The number of benzene rings is 1. The van der Waals surface area contributed by atoms with E-state index in [0.717, 1.165) is 5.56 Å². The van der Waals surface area contributed by atoms with Gasteiger partial charge in [0, 0.05) is 12.7 Å². The molecule has 0 radical (unpaired) electrons. The molecule has 4 heteroatoms. The second-order valence-electron chi connectivity index (χ2n) is 3.47. The van der Waals surface area contributed by atoms with Gasteiger partial charge in [-0.05, 0) is 11.6 Å². The quantitative estimate of drug-likeness (QED) is 0.727. The fourth-order valence-corrected chi connectivity index (χ4v) is 1.44. The van der Waals surface area contributed by atoms with Gasteiger partial charge in [-0.25, -0.2) is 0 Å². The highest BCUT2D eigenvalue weighted by Gasteiger charge is 2.01. The molecule has 2 rings (SSSR count). The first-order valence-electron chi connectivity index (χ1n) is 5.02. The van der Waals surface area contributed by atoms with E-state index in [-0.39, 0.29) is 11.2 Å². The van der Waals surface area contributed by atoms with E-state index in [2.05, 4.69) is 10.3 Å². The number of nitrogens with one attached hydrogen (secondary N) is 2. The highest BCUT2D eigenvalue weighted by Crippen LogP contribution is 2.12. The third kappa shape index (κ3) is 2.23. The summed E-state index contributed by atoms with van der Waals surface area (Å²) in [7, 11) is 0. The summed E-state index contributed by atoms with van der Waals surface area (Å²) < 4.78 is 0. The molecule has 0 bridgehead atoms. The third-order valence-corrected chi connectivity index (χ3v) is 2.33. The molecule has 0 atom stereocenters. The maximum Gasteiger partial charge on any atom is 0.273 e. The van der Waals surface area contributed by atoms with Crippen molar-refractivity contribution in [3.63, 3.8) is 0 Å². The largest absolute Gasteiger partial charge is 0.393 e. The number of nitrogen functional groups attached to an aromatic ring is 1. The van der Waals surface area contributed by atoms with Gasteiger partial charge in [0.1, 0.15) is 5.69 Å². The number of nitrogens with two attached hydrogens (primary N) is 1. The summed E-state index contributed by atoms with van der Waals surface area (Å²) in [4.78, 5) is 13.7. The summed E-state index contributed by atoms with van der Waals surface area (Å²) in [5.41, 5.74) is 7.40. The van der Waals surface area contributed by atoms with Crippen molar-refractivity contribution in [1.82, 2.24) is 4.98 Å². The molecule has 0 aliphatic carbocycles. The van der Waals surface area contributed by atoms with Crippen LogP contribution in [0.15, 0.2) is 47.4 Å². The molecule has 0 spiro atoms. The average Bonchev–Trinajstić information content (AvgIpc) is 2.32. The average molecular weight is 215 g/mol. The van der Waals surface area contributed by atoms with Crippen LogP contribution in [-0.4, -0.2) is 4.98 Å². The summed E-state index contributed by atoms with van der Waals surface area (Å²) in [5, 5.41) is 3.13. The van der Waals surface area contributed by atoms with E-state index >= 15 is 0 Å². The molecule has 0 saturated heterocycles. The number of hydrogen-bond acceptors (Lipinski definition) is 3. The van der Waals surface area contributed by atoms with Crippen LogP contribution in [0.5, 0.6) is 0 Å². The van der Waals surface area contributed by atoms with Gasteiger partial charge in [0.05, 0.1) is 5.69 Å². The third-order valence-electron chi connectivity index (χ3n) is 2.33. The zero-order valence-electron chi connectivity index (χ0n) is 8.73. The van der Waals surface area contributed by atoms with Gasteiger partial charge in [-0.2, -0.15) is 0 Å². The van der Waals surface area contributed by atoms with Crippen molar-refractivity contribution in [1.29, 1.82) is 0 Å². The molecular weight excluding hydrogens is 202 g/mol. The zero-order chi connectivity index (χ0) is 11.4. The summed E-state index contributed by atoms with van der Waals surface area (Å²) >= 11 is 0. The number of aromatic nitrogens is 1. The molecule has 1 aromatic heterocycles. The molecule has 4 N–H and O–H groups in total. The number of anilines is 2. The lowest BCUT2D eigenvalue weighted by atomic mass is 10.2. The van der Waals surface area contributed by atoms with E-state index in [1.165, 1.54) is 0 Å². The second-order valence-corrected chi connectivity index (χ2v) is 3.47. The Morgan fingerprint density at radius 3 is 2.69 bits per heavy atom. The molecule has 82 valence electrons. The molecule has 0 aliphatic rings. The Morgan fingerprint density at radius 1 is 1.19 bits per heavy atom. The minimum Gasteiger partial charge on any atom is -0.393 e. The Kier molecular flexibility index (Phi) is 2.91. The highest BCUT2D eigenvalue weighted by molar-refractivity contribution is 5.64. The van der Waals surface area contributed by atoms with E-state index in [1.807, 2.05) is 30.3 Å². The predicted molar refractivity (Wildman–Crippen MR) is 65.2 cm³/mol. The van der Waals surface area contributed by atoms with Gasteiger partial charge in [-0.3, -0.25) is 4.79 Å². The van der Waals surface area contributed by atoms with E-state index in [4.69, 9.17) is 5.73 Å². The van der Waals surface area contributed by atoms with Crippen LogP contribution < -0.4 is 16.6 Å². The summed E-state index contributed by atoms with van der Waals surface area (Å²) in [5.74, 6) is 0. The van der Waals surface area contributed by atoms with Crippen LogP contribution in [-0.2, 0) is 6.54 Å². The minimum atomic E-state index is -0.266. The maximum absolute atomic E-state index is 11.2. The topological polar surface area (TPSA) is 70.9 Å². The molecule has 2 aromatic rings. The van der Waals surface area contributed by atoms with Crippen LogP contribution in [0.25, 0.3) is 0 Å². The molecule has 0 fully saturated rings. The number of aromatic amines is 1. The second kappa shape index (κ2) is 4.53. The van der Waals surface area contributed by atoms with Crippen molar-refractivity contribution in [3.05, 3.63) is 58.5 Å². The Hall–Kier alpha value is -2.23. The number of hydrogen-bond donors (Lipinski definition) is 3. The van der Waals surface area contributed by atoms with Crippen LogP contribution in [0.1, 0.15) is 5.56 Å². The summed E-state index contributed by atoms with van der Waals surface area (Å²) in [6.45, 7) is 0.647. The Morgan fingerprint density at radius 2 is 1.94 bits per heavy atom. The van der Waals surface area contributed by atoms with E-state index in [9.17, 15) is 4.79 Å². The van der Waals surface area contributed by atoms with Gasteiger partial charge in [0.25, 0.3) is 5.56 Å². The lowest BCUT2D eigenvalue weighted by Crippen LogP contribution is -2.14. The number of H-pyrrole nitrogens is 1. The van der Waals surface area contributed by atoms with Crippen molar-refractivity contribution in [2.45, 2.75) is 6.54 Å². The summed E-state index contributed by atoms with van der Waals surface area (Å²) in [6.07, 6.45) is 1.58. The molecule has 16 heavy (non-hydrogen) atoms. The molecular formula is C12H13N3O. The molecule has 0 unspecified atom stereocenters. The monoisotopic (exact) mass is 215 g/mol. The lowest BCUT2D eigenvalue weighted by molar-refractivity contribution is 1.14. The molecule has 1 heterocycles. The fourth-order valence-electron chi connectivity index (χ4n) is 1.44. The lowest BCUT2D eigenvalue weighted by Gasteiger charge is -2.07. The Bertz CT molecular complexity index is 519. The molecule has 4 nitrogen and oxygen atoms in total. The van der Waals surface area contributed by atoms with Crippen molar-refractivity contribution >= 4 is 11.4 Å². The zero-order valence-corrected chi connectivity index (χ0v) is 8.73. The van der Waals surface area contributed by atoms with E-state index < -0.39 is 0 Å². The van der Waals surface area contributed by atoms with Gasteiger partial charge in [-0.15, -0.1) is 0 Å². The van der Waals surface area contributed by atoms with Crippen molar-refractivity contribution < 1.29 is 0 Å². The van der Waals surface area contributed by atoms with Gasteiger partial charge < -0.3 is 16.0 Å². The first-order valence-corrected chi connectivity index (χ1v) is 5.02. The fraction of sp³-hybridized carbons (Fsp3) is 0.0833. The number of pyridine rings is 1. The van der Waals surface area contributed by atoms with Crippen LogP contribution in [0.3, 0.4) is 0 Å². The first kappa shape index (κ1) is 10.3. The first-order chi connectivity index (χ1) is 7.77. The van der Waals surface area contributed by atoms with Crippen LogP contribution in [0, 0.1) is 0 Å². The molecule has 0 aliphatic heterocycles. The maximum atomic E-state index is 11.2. The van der Waals surface area contributed by atoms with Gasteiger partial charge in [0.2, 0.25) is 0 Å². The standard InChI is InChI=1S/C12H13N3O/c13-11-10(6-7-14-12(11)16)15-8-9-4-2-1-3-5-9/h1-7H,8,13H2,(H2,14,15,16). The van der Waals surface area contributed by atoms with Crippen LogP contribution in [0.2, 0.25) is 0 Å². The normalized spacial score (nSPS) is 10.0. The predicted octanol–water partition coefficient (Wildman–Crippen LogP) is 1.57. The van der Waals surface area contributed by atoms with Crippen LogP contribution in [0.4, 0.5) is 11.4 Å². The minimum absolute atomic E-state index is 0.221. The van der Waals surface area contributed by atoms with Crippen molar-refractivity contribution in [2.75, 3.05) is 11.1 Å². The van der Waals surface area contributed by atoms with Gasteiger partial charge >= 0.3 is 0 Å². The van der Waals surface area contributed by atoms with Crippen molar-refractivity contribution in [2.24, 2.45) is 0 Å². The molecule has 0 saturated carbocycles.